The molecule has 3 rings (SSSR count). The Kier molecular flexibility index (Phi) is 5.05. The molecule has 0 bridgehead atoms. The molecule has 2 fully saturated rings. The van der Waals surface area contributed by atoms with Crippen molar-refractivity contribution in [3.05, 3.63) is 18.3 Å². The lowest BCUT2D eigenvalue weighted by atomic mass is 9.97. The molecule has 1 atom stereocenters. The maximum Gasteiger partial charge on any atom is 0.242 e. The highest BCUT2D eigenvalue weighted by Crippen LogP contribution is 2.23. The molecule has 0 unspecified atom stereocenters. The van der Waals surface area contributed by atoms with Crippen molar-refractivity contribution in [2.24, 2.45) is 11.7 Å². The van der Waals surface area contributed by atoms with Crippen LogP contribution >= 0.6 is 0 Å². The molecule has 1 aliphatic heterocycles. The number of primary amides is 1. The number of nitrogens with zero attached hydrogens (tertiary/aromatic N) is 2. The van der Waals surface area contributed by atoms with Crippen molar-refractivity contribution in [3.63, 3.8) is 0 Å². The van der Waals surface area contributed by atoms with E-state index in [1.807, 2.05) is 4.90 Å². The van der Waals surface area contributed by atoms with Gasteiger partial charge >= 0.3 is 0 Å². The summed E-state index contributed by atoms with van der Waals surface area (Å²) in [5.74, 6) is 0.216. The Labute approximate surface area is 142 Å². The van der Waals surface area contributed by atoms with E-state index in [9.17, 15) is 13.2 Å². The highest BCUT2D eigenvalue weighted by atomic mass is 32.2. The average Bonchev–Trinajstić information content (AvgIpc) is 3.07. The fourth-order valence-corrected chi connectivity index (χ4v) is 4.72. The predicted molar refractivity (Wildman–Crippen MR) is 90.9 cm³/mol. The van der Waals surface area contributed by atoms with Crippen molar-refractivity contribution >= 4 is 21.7 Å². The van der Waals surface area contributed by atoms with Gasteiger partial charge in [-0.15, -0.1) is 0 Å². The fourth-order valence-electron chi connectivity index (χ4n) is 3.47. The SMILES string of the molecule is NC(=O)[C@H]1CCCN(c2ccc(S(=O)(=O)NC3CCCC3)cn2)C1. The van der Waals surface area contributed by atoms with Crippen molar-refractivity contribution in [1.82, 2.24) is 9.71 Å². The van der Waals surface area contributed by atoms with Crippen LogP contribution in [0.15, 0.2) is 23.2 Å². The number of anilines is 1. The van der Waals surface area contributed by atoms with Crippen LogP contribution in [-0.2, 0) is 14.8 Å². The number of aromatic nitrogens is 1. The van der Waals surface area contributed by atoms with Crippen molar-refractivity contribution in [3.8, 4) is 0 Å². The molecule has 7 nitrogen and oxygen atoms in total. The van der Waals surface area contributed by atoms with Crippen LogP contribution in [0.5, 0.6) is 0 Å². The molecule has 132 valence electrons. The van der Waals surface area contributed by atoms with Gasteiger partial charge in [0.05, 0.1) is 5.92 Å². The Morgan fingerprint density at radius 3 is 2.58 bits per heavy atom. The zero-order valence-electron chi connectivity index (χ0n) is 13.6. The number of hydrogen-bond donors (Lipinski definition) is 2. The summed E-state index contributed by atoms with van der Waals surface area (Å²) in [6, 6.07) is 3.31. The number of carbonyl (C=O) groups excluding carboxylic acids is 1. The number of nitrogens with one attached hydrogen (secondary N) is 1. The smallest absolute Gasteiger partial charge is 0.242 e. The number of nitrogens with two attached hydrogens (primary N) is 1. The van der Waals surface area contributed by atoms with E-state index in [2.05, 4.69) is 9.71 Å². The quantitative estimate of drug-likeness (QED) is 0.822. The molecule has 24 heavy (non-hydrogen) atoms. The molecule has 1 aliphatic carbocycles. The first-order chi connectivity index (χ1) is 11.5. The highest BCUT2D eigenvalue weighted by Gasteiger charge is 2.26. The second kappa shape index (κ2) is 7.06. The van der Waals surface area contributed by atoms with Crippen LogP contribution in [0.2, 0.25) is 0 Å². The number of amides is 1. The summed E-state index contributed by atoms with van der Waals surface area (Å²) in [4.78, 5) is 17.8. The molecule has 8 heteroatoms. The molecule has 1 saturated carbocycles. The van der Waals surface area contributed by atoms with Crippen LogP contribution in [0, 0.1) is 5.92 Å². The maximum atomic E-state index is 12.4. The number of carbonyl (C=O) groups is 1. The predicted octanol–water partition coefficient (Wildman–Crippen LogP) is 1.00. The Bertz CT molecular complexity index is 684. The van der Waals surface area contributed by atoms with Crippen molar-refractivity contribution in [2.45, 2.75) is 49.5 Å². The largest absolute Gasteiger partial charge is 0.369 e. The van der Waals surface area contributed by atoms with E-state index < -0.39 is 10.0 Å². The summed E-state index contributed by atoms with van der Waals surface area (Å²) >= 11 is 0. The molecule has 3 N–H and O–H groups in total. The fraction of sp³-hybridized carbons (Fsp3) is 0.625. The molecule has 2 aliphatic rings. The summed E-state index contributed by atoms with van der Waals surface area (Å²) in [5, 5.41) is 0. The molecule has 0 spiro atoms. The molecule has 1 aromatic rings. The Morgan fingerprint density at radius 2 is 1.96 bits per heavy atom. The van der Waals surface area contributed by atoms with Gasteiger partial charge in [-0.05, 0) is 37.8 Å². The van der Waals surface area contributed by atoms with Gasteiger partial charge < -0.3 is 10.6 Å². The van der Waals surface area contributed by atoms with E-state index in [0.717, 1.165) is 45.1 Å². The van der Waals surface area contributed by atoms with E-state index in [0.29, 0.717) is 12.4 Å². The van der Waals surface area contributed by atoms with E-state index in [1.165, 1.54) is 6.20 Å². The van der Waals surface area contributed by atoms with Crippen LogP contribution < -0.4 is 15.4 Å². The topological polar surface area (TPSA) is 105 Å². The van der Waals surface area contributed by atoms with Gasteiger partial charge in [0.2, 0.25) is 15.9 Å². The van der Waals surface area contributed by atoms with Gasteiger partial charge in [0.1, 0.15) is 10.7 Å². The summed E-state index contributed by atoms with van der Waals surface area (Å²) in [7, 11) is -3.52. The minimum absolute atomic E-state index is 0.0353. The number of piperidine rings is 1. The highest BCUT2D eigenvalue weighted by molar-refractivity contribution is 7.89. The van der Waals surface area contributed by atoms with Gasteiger partial charge in [-0.25, -0.2) is 18.1 Å². The number of rotatable bonds is 5. The van der Waals surface area contributed by atoms with Crippen LogP contribution in [-0.4, -0.2) is 38.4 Å². The zero-order chi connectivity index (χ0) is 17.2. The monoisotopic (exact) mass is 352 g/mol. The minimum atomic E-state index is -3.52. The van der Waals surface area contributed by atoms with Crippen molar-refractivity contribution < 1.29 is 13.2 Å². The molecule has 1 aromatic heterocycles. The lowest BCUT2D eigenvalue weighted by Crippen LogP contribution is -2.41. The standard InChI is InChI=1S/C16H24N4O3S/c17-16(21)12-4-3-9-20(11-12)15-8-7-14(10-18-15)24(22,23)19-13-5-1-2-6-13/h7-8,10,12-13,19H,1-6,9,11H2,(H2,17,21)/t12-/m0/s1. The van der Waals surface area contributed by atoms with Crippen LogP contribution in [0.3, 0.4) is 0 Å². The van der Waals surface area contributed by atoms with Gasteiger partial charge in [-0.3, -0.25) is 4.79 Å². The van der Waals surface area contributed by atoms with Crippen LogP contribution in [0.25, 0.3) is 0 Å². The molecule has 1 saturated heterocycles. The lowest BCUT2D eigenvalue weighted by molar-refractivity contribution is -0.122. The minimum Gasteiger partial charge on any atom is -0.369 e. The third-order valence-corrected chi connectivity index (χ3v) is 6.36. The first-order valence-electron chi connectivity index (χ1n) is 8.48. The average molecular weight is 352 g/mol. The Hall–Kier alpha value is -1.67. The van der Waals surface area contributed by atoms with E-state index in [4.69, 9.17) is 5.73 Å². The van der Waals surface area contributed by atoms with Gasteiger partial charge in [-0.1, -0.05) is 12.8 Å². The Balaban J connectivity index is 1.69. The summed E-state index contributed by atoms with van der Waals surface area (Å²) in [6.07, 6.45) is 6.99. The van der Waals surface area contributed by atoms with Crippen molar-refractivity contribution in [2.75, 3.05) is 18.0 Å². The summed E-state index contributed by atoms with van der Waals surface area (Å²) in [6.45, 7) is 1.33. The lowest BCUT2D eigenvalue weighted by Gasteiger charge is -2.32. The zero-order valence-corrected chi connectivity index (χ0v) is 14.5. The molecular weight excluding hydrogens is 328 g/mol. The summed E-state index contributed by atoms with van der Waals surface area (Å²) in [5.41, 5.74) is 5.39. The maximum absolute atomic E-state index is 12.4. The first-order valence-corrected chi connectivity index (χ1v) is 9.97. The molecule has 0 radical (unpaired) electrons. The second-order valence-electron chi connectivity index (χ2n) is 6.64. The first kappa shape index (κ1) is 17.2. The number of hydrogen-bond acceptors (Lipinski definition) is 5. The van der Waals surface area contributed by atoms with E-state index in [1.54, 1.807) is 12.1 Å². The third-order valence-electron chi connectivity index (χ3n) is 4.86. The van der Waals surface area contributed by atoms with Crippen LogP contribution in [0.4, 0.5) is 5.82 Å². The van der Waals surface area contributed by atoms with Gasteiger partial charge in [0.25, 0.3) is 0 Å². The van der Waals surface area contributed by atoms with E-state index >= 15 is 0 Å². The normalized spacial score (nSPS) is 22.7. The molecular formula is C16H24N4O3S. The molecule has 1 amide bonds. The van der Waals surface area contributed by atoms with E-state index in [-0.39, 0.29) is 22.8 Å². The van der Waals surface area contributed by atoms with Gasteiger partial charge in [-0.2, -0.15) is 0 Å². The molecule has 0 aromatic carbocycles. The van der Waals surface area contributed by atoms with Gasteiger partial charge in [0.15, 0.2) is 0 Å². The molecule has 2 heterocycles. The summed E-state index contributed by atoms with van der Waals surface area (Å²) < 4.78 is 27.5. The number of pyridine rings is 1. The van der Waals surface area contributed by atoms with Gasteiger partial charge in [0, 0.05) is 25.3 Å². The number of sulfonamides is 1. The third kappa shape index (κ3) is 3.87. The van der Waals surface area contributed by atoms with Crippen LogP contribution in [0.1, 0.15) is 38.5 Å². The second-order valence-corrected chi connectivity index (χ2v) is 8.36. The Morgan fingerprint density at radius 1 is 1.21 bits per heavy atom. The van der Waals surface area contributed by atoms with Crippen molar-refractivity contribution in [1.29, 1.82) is 0 Å².